The molecule has 34 heavy (non-hydrogen) atoms. The number of nitrogens with two attached hydrogens (primary N) is 1. The average molecular weight is 503 g/mol. The molecule has 5 rings (SSSR count). The van der Waals surface area contributed by atoms with Crippen LogP contribution in [0, 0.1) is 0 Å². The molecule has 13 heteroatoms. The minimum Gasteiger partial charge on any atom is -0.333 e. The fourth-order valence-electron chi connectivity index (χ4n) is 3.32. The van der Waals surface area contributed by atoms with E-state index in [0.717, 1.165) is 4.52 Å². The van der Waals surface area contributed by atoms with Crippen LogP contribution in [0.25, 0.3) is 39.7 Å². The maximum Gasteiger partial charge on any atom is 0.280 e. The van der Waals surface area contributed by atoms with Gasteiger partial charge in [0.1, 0.15) is 11.3 Å². The fourth-order valence-corrected chi connectivity index (χ4v) is 4.01. The van der Waals surface area contributed by atoms with Crippen molar-refractivity contribution in [3.8, 4) is 34.1 Å². The van der Waals surface area contributed by atoms with Crippen LogP contribution in [0.2, 0.25) is 5.02 Å². The van der Waals surface area contributed by atoms with Gasteiger partial charge in [-0.3, -0.25) is 0 Å². The highest BCUT2D eigenvalue weighted by Crippen LogP contribution is 2.31. The van der Waals surface area contributed by atoms with Gasteiger partial charge in [0.25, 0.3) is 12.3 Å². The zero-order valence-electron chi connectivity index (χ0n) is 16.9. The van der Waals surface area contributed by atoms with Gasteiger partial charge in [-0.2, -0.15) is 10.1 Å². The number of fused-ring (bicyclic) bond motifs is 1. The van der Waals surface area contributed by atoms with E-state index in [0.29, 0.717) is 16.1 Å². The highest BCUT2D eigenvalue weighted by Gasteiger charge is 2.22. The Hall–Kier alpha value is -3.74. The topological polar surface area (TPSA) is 129 Å². The second-order valence-corrected chi connectivity index (χ2v) is 9.16. The second kappa shape index (κ2) is 8.24. The summed E-state index contributed by atoms with van der Waals surface area (Å²) in [5.41, 5.74) is 1.12. The van der Waals surface area contributed by atoms with Gasteiger partial charge in [-0.25, -0.2) is 31.8 Å². The van der Waals surface area contributed by atoms with Crippen LogP contribution in [-0.2, 0) is 10.0 Å². The number of nitrogens with zero attached hydrogens (tertiary/aromatic N) is 5. The smallest absolute Gasteiger partial charge is 0.280 e. The molecule has 0 fully saturated rings. The van der Waals surface area contributed by atoms with Gasteiger partial charge in [-0.15, -0.1) is 0 Å². The van der Waals surface area contributed by atoms with Gasteiger partial charge in [0.2, 0.25) is 15.8 Å². The van der Waals surface area contributed by atoms with Crippen molar-refractivity contribution >= 4 is 27.3 Å². The lowest BCUT2D eigenvalue weighted by atomic mass is 10.1. The third-order valence-electron chi connectivity index (χ3n) is 4.94. The number of halogens is 3. The van der Waals surface area contributed by atoms with Gasteiger partial charge in [-0.05, 0) is 30.3 Å². The van der Waals surface area contributed by atoms with Crippen LogP contribution in [0.15, 0.2) is 70.2 Å². The number of rotatable bonds is 5. The van der Waals surface area contributed by atoms with Gasteiger partial charge in [0.15, 0.2) is 5.65 Å². The molecule has 0 spiro atoms. The first kappa shape index (κ1) is 22.1. The number of primary sulfonamides is 1. The Morgan fingerprint density at radius 2 is 1.79 bits per heavy atom. The first-order valence-corrected chi connectivity index (χ1v) is 11.5. The standard InChI is InChI=1S/C21H13ClF2N6O3S/c22-13-6-4-11(5-7-13)16-9-17(18(23)24)30-20(27-16)15(10-26-30)21-28-19(29-33-21)12-2-1-3-14(8-12)34(25,31)32/h1-10,18H,(H2,25,31,32). The van der Waals surface area contributed by atoms with Crippen LogP contribution in [0.3, 0.4) is 0 Å². The quantitative estimate of drug-likeness (QED) is 0.378. The Bertz CT molecular complexity index is 1630. The van der Waals surface area contributed by atoms with Crippen LogP contribution >= 0.6 is 11.6 Å². The van der Waals surface area contributed by atoms with Crippen molar-refractivity contribution in [2.24, 2.45) is 5.14 Å². The van der Waals surface area contributed by atoms with Crippen molar-refractivity contribution in [2.75, 3.05) is 0 Å². The van der Waals surface area contributed by atoms with Crippen LogP contribution in [0.4, 0.5) is 8.78 Å². The monoisotopic (exact) mass is 502 g/mol. The molecular formula is C21H13ClF2N6O3S. The average Bonchev–Trinajstić information content (AvgIpc) is 3.45. The molecule has 0 aliphatic rings. The summed E-state index contributed by atoms with van der Waals surface area (Å²) >= 11 is 5.93. The lowest BCUT2D eigenvalue weighted by Crippen LogP contribution is -2.11. The predicted molar refractivity (Wildman–Crippen MR) is 118 cm³/mol. The third-order valence-corrected chi connectivity index (χ3v) is 6.10. The Kier molecular flexibility index (Phi) is 5.35. The van der Waals surface area contributed by atoms with Gasteiger partial charge in [0.05, 0.1) is 16.8 Å². The van der Waals surface area contributed by atoms with Crippen LogP contribution in [-0.4, -0.2) is 33.2 Å². The molecule has 0 unspecified atom stereocenters. The number of aromatic nitrogens is 5. The lowest BCUT2D eigenvalue weighted by Gasteiger charge is -2.08. The molecule has 0 aliphatic carbocycles. The number of hydrogen-bond acceptors (Lipinski definition) is 7. The summed E-state index contributed by atoms with van der Waals surface area (Å²) in [7, 11) is -3.93. The van der Waals surface area contributed by atoms with E-state index in [1.165, 1.54) is 30.5 Å². The second-order valence-electron chi connectivity index (χ2n) is 7.16. The molecule has 0 aliphatic heterocycles. The summed E-state index contributed by atoms with van der Waals surface area (Å²) < 4.78 is 57.2. The molecule has 0 atom stereocenters. The fraction of sp³-hybridized carbons (Fsp3) is 0.0476. The Balaban J connectivity index is 1.63. The molecular weight excluding hydrogens is 490 g/mol. The SMILES string of the molecule is NS(=O)(=O)c1cccc(-c2noc(-c3cnn4c(C(F)F)cc(-c5ccc(Cl)cc5)nc34)n2)c1. The summed E-state index contributed by atoms with van der Waals surface area (Å²) in [5.74, 6) is 0.0368. The summed E-state index contributed by atoms with van der Waals surface area (Å²) in [6.45, 7) is 0. The van der Waals surface area contributed by atoms with Crippen molar-refractivity contribution in [1.82, 2.24) is 24.7 Å². The van der Waals surface area contributed by atoms with E-state index in [-0.39, 0.29) is 39.2 Å². The van der Waals surface area contributed by atoms with Gasteiger partial charge in [0, 0.05) is 16.1 Å². The maximum atomic E-state index is 13.8. The zero-order chi connectivity index (χ0) is 24.0. The predicted octanol–water partition coefficient (Wildman–Crippen LogP) is 4.35. The minimum absolute atomic E-state index is 0.0352. The molecule has 5 aromatic rings. The zero-order valence-corrected chi connectivity index (χ0v) is 18.5. The largest absolute Gasteiger partial charge is 0.333 e. The Labute approximate surface area is 195 Å². The molecule has 9 nitrogen and oxygen atoms in total. The molecule has 2 aromatic carbocycles. The highest BCUT2D eigenvalue weighted by atomic mass is 35.5. The van der Waals surface area contributed by atoms with E-state index in [1.807, 2.05) is 0 Å². The normalized spacial score (nSPS) is 12.0. The van der Waals surface area contributed by atoms with E-state index >= 15 is 0 Å². The van der Waals surface area contributed by atoms with Crippen LogP contribution in [0.5, 0.6) is 0 Å². The van der Waals surface area contributed by atoms with E-state index < -0.39 is 16.4 Å². The summed E-state index contributed by atoms with van der Waals surface area (Å²) in [5, 5.41) is 13.6. The molecule has 3 heterocycles. The molecule has 0 saturated carbocycles. The molecule has 172 valence electrons. The highest BCUT2D eigenvalue weighted by molar-refractivity contribution is 7.89. The van der Waals surface area contributed by atoms with Crippen molar-refractivity contribution < 1.29 is 21.7 Å². The molecule has 0 saturated heterocycles. The number of hydrogen-bond donors (Lipinski definition) is 1. The van der Waals surface area contributed by atoms with Crippen molar-refractivity contribution in [3.63, 3.8) is 0 Å². The first-order chi connectivity index (χ1) is 16.2. The lowest BCUT2D eigenvalue weighted by molar-refractivity contribution is 0.143. The third kappa shape index (κ3) is 4.02. The van der Waals surface area contributed by atoms with Gasteiger partial charge >= 0.3 is 0 Å². The van der Waals surface area contributed by atoms with Crippen molar-refractivity contribution in [3.05, 3.63) is 71.5 Å². The summed E-state index contributed by atoms with van der Waals surface area (Å²) in [4.78, 5) is 8.63. The number of sulfonamides is 1. The van der Waals surface area contributed by atoms with E-state index in [4.69, 9.17) is 21.3 Å². The van der Waals surface area contributed by atoms with E-state index in [1.54, 1.807) is 30.3 Å². The molecule has 0 amide bonds. The maximum absolute atomic E-state index is 13.8. The summed E-state index contributed by atoms with van der Waals surface area (Å²) in [6, 6.07) is 13.5. The van der Waals surface area contributed by atoms with E-state index in [2.05, 4.69) is 20.2 Å². The van der Waals surface area contributed by atoms with Gasteiger partial charge in [-0.1, -0.05) is 41.0 Å². The van der Waals surface area contributed by atoms with Crippen molar-refractivity contribution in [1.29, 1.82) is 0 Å². The summed E-state index contributed by atoms with van der Waals surface area (Å²) in [6.07, 6.45) is -1.54. The van der Waals surface area contributed by atoms with Crippen LogP contribution in [0.1, 0.15) is 12.1 Å². The first-order valence-electron chi connectivity index (χ1n) is 9.61. The number of alkyl halides is 2. The molecule has 3 aromatic heterocycles. The molecule has 0 radical (unpaired) electrons. The number of benzene rings is 2. The van der Waals surface area contributed by atoms with Crippen LogP contribution < -0.4 is 5.14 Å². The van der Waals surface area contributed by atoms with E-state index in [9.17, 15) is 17.2 Å². The van der Waals surface area contributed by atoms with Gasteiger partial charge < -0.3 is 4.52 Å². The Morgan fingerprint density at radius 1 is 1.03 bits per heavy atom. The van der Waals surface area contributed by atoms with Crippen molar-refractivity contribution in [2.45, 2.75) is 11.3 Å². The molecule has 0 bridgehead atoms. The Morgan fingerprint density at radius 3 is 2.50 bits per heavy atom. The molecule has 2 N–H and O–H groups in total. The minimum atomic E-state index is -3.93.